The molecule has 2 rings (SSSR count). The normalized spacial score (nSPS) is 11.7. The second kappa shape index (κ2) is 8.61. The second-order valence-corrected chi connectivity index (χ2v) is 6.59. The van der Waals surface area contributed by atoms with Gasteiger partial charge in [0.2, 0.25) is 11.8 Å². The molecule has 0 aliphatic rings. The van der Waals surface area contributed by atoms with Gasteiger partial charge >= 0.3 is 0 Å². The maximum Gasteiger partial charge on any atom is 0.248 e. The van der Waals surface area contributed by atoms with Gasteiger partial charge in [0.15, 0.2) is 10.9 Å². The van der Waals surface area contributed by atoms with Gasteiger partial charge in [-0.3, -0.25) is 14.4 Å². The number of amides is 2. The minimum absolute atomic E-state index is 0.161. The van der Waals surface area contributed by atoms with E-state index in [2.05, 4.69) is 15.6 Å². The summed E-state index contributed by atoms with van der Waals surface area (Å²) in [5.41, 5.74) is 0.168. The molecule has 0 saturated heterocycles. The lowest BCUT2D eigenvalue weighted by atomic mass is 10.1. The molecular weight excluding hydrogens is 364 g/mol. The van der Waals surface area contributed by atoms with Gasteiger partial charge in [0.25, 0.3) is 0 Å². The molecule has 0 saturated carbocycles. The fourth-order valence-electron chi connectivity index (χ4n) is 2.18. The first-order valence-electron chi connectivity index (χ1n) is 7.80. The molecule has 0 spiro atoms. The number of hydrogen-bond acceptors (Lipinski definition) is 5. The van der Waals surface area contributed by atoms with Crippen LogP contribution in [0.25, 0.3) is 0 Å². The number of ketones is 1. The molecule has 0 aliphatic heterocycles. The molecule has 2 N–H and O–H groups in total. The zero-order chi connectivity index (χ0) is 19.3. The highest BCUT2D eigenvalue weighted by Crippen LogP contribution is 2.18. The van der Waals surface area contributed by atoms with Crippen molar-refractivity contribution in [3.63, 3.8) is 0 Å². The van der Waals surface area contributed by atoms with Crippen molar-refractivity contribution in [3.8, 4) is 0 Å². The summed E-state index contributed by atoms with van der Waals surface area (Å²) in [5.74, 6) is -2.74. The van der Waals surface area contributed by atoms with E-state index in [1.54, 1.807) is 6.92 Å². The van der Waals surface area contributed by atoms with Crippen molar-refractivity contribution in [2.75, 3.05) is 5.32 Å². The number of Topliss-reactive ketones (excluding diaryl/α,β-unsaturated/α-hetero) is 1. The van der Waals surface area contributed by atoms with Gasteiger partial charge in [-0.1, -0.05) is 18.3 Å². The van der Waals surface area contributed by atoms with Crippen LogP contribution < -0.4 is 10.6 Å². The van der Waals surface area contributed by atoms with Crippen molar-refractivity contribution >= 4 is 34.1 Å². The number of aromatic nitrogens is 1. The molecule has 1 aromatic carbocycles. The number of hydrogen-bond donors (Lipinski definition) is 2. The average molecular weight is 381 g/mol. The first-order chi connectivity index (χ1) is 12.3. The Morgan fingerprint density at radius 1 is 1.19 bits per heavy atom. The maximum atomic E-state index is 13.2. The lowest BCUT2D eigenvalue weighted by Gasteiger charge is -2.16. The van der Waals surface area contributed by atoms with Crippen molar-refractivity contribution in [2.24, 2.45) is 0 Å². The van der Waals surface area contributed by atoms with Crippen molar-refractivity contribution in [3.05, 3.63) is 46.5 Å². The van der Waals surface area contributed by atoms with Gasteiger partial charge < -0.3 is 10.6 Å². The molecule has 2 amide bonds. The number of nitrogens with zero attached hydrogens (tertiary/aromatic N) is 1. The molecule has 0 bridgehead atoms. The Hall–Kier alpha value is -2.68. The smallest absolute Gasteiger partial charge is 0.248 e. The first kappa shape index (κ1) is 19.6. The number of rotatable bonds is 7. The number of anilines is 1. The number of carbonyl (C=O) groups is 3. The summed E-state index contributed by atoms with van der Waals surface area (Å²) in [6.07, 6.45) is 1.41. The lowest BCUT2D eigenvalue weighted by molar-refractivity contribution is -0.126. The first-order valence-corrected chi connectivity index (χ1v) is 8.62. The van der Waals surface area contributed by atoms with E-state index in [0.29, 0.717) is 17.4 Å². The molecule has 1 aromatic heterocycles. The zero-order valence-corrected chi connectivity index (χ0v) is 15.0. The Morgan fingerprint density at radius 3 is 2.38 bits per heavy atom. The summed E-state index contributed by atoms with van der Waals surface area (Å²) in [5, 5.41) is 5.31. The highest BCUT2D eigenvalue weighted by atomic mass is 32.1. The molecule has 1 atom stereocenters. The third kappa shape index (κ3) is 5.41. The van der Waals surface area contributed by atoms with E-state index in [9.17, 15) is 23.2 Å². The predicted molar refractivity (Wildman–Crippen MR) is 93.0 cm³/mol. The van der Waals surface area contributed by atoms with Crippen LogP contribution in [0.1, 0.15) is 35.5 Å². The van der Waals surface area contributed by atoms with Crippen LogP contribution in [0.2, 0.25) is 0 Å². The summed E-state index contributed by atoms with van der Waals surface area (Å²) in [7, 11) is 0. The summed E-state index contributed by atoms with van der Waals surface area (Å²) in [4.78, 5) is 39.9. The third-order valence-corrected chi connectivity index (χ3v) is 4.44. The highest BCUT2D eigenvalue weighted by Gasteiger charge is 2.20. The van der Waals surface area contributed by atoms with E-state index in [-0.39, 0.29) is 22.9 Å². The SMILES string of the molecule is CCC(NC(=O)Cc1cc(F)cc(F)c1)C(=O)Nc1ncc(C(C)=O)s1. The minimum Gasteiger partial charge on any atom is -0.344 e. The van der Waals surface area contributed by atoms with Crippen LogP contribution in [0.15, 0.2) is 24.4 Å². The van der Waals surface area contributed by atoms with Crippen LogP contribution in [0, 0.1) is 11.6 Å². The van der Waals surface area contributed by atoms with Gasteiger partial charge in [0, 0.05) is 13.0 Å². The van der Waals surface area contributed by atoms with Crippen molar-refractivity contribution < 1.29 is 23.2 Å². The van der Waals surface area contributed by atoms with Gasteiger partial charge in [-0.05, 0) is 24.1 Å². The standard InChI is InChI=1S/C17H17F2N3O3S/c1-3-13(16(25)22-17-20-8-14(26-17)9(2)23)21-15(24)6-10-4-11(18)7-12(19)5-10/h4-5,7-8,13H,3,6H2,1-2H3,(H,21,24)(H,20,22,25). The summed E-state index contributed by atoms with van der Waals surface area (Å²) in [6.45, 7) is 3.10. The predicted octanol–water partition coefficient (Wildman–Crippen LogP) is 2.70. The van der Waals surface area contributed by atoms with E-state index in [0.717, 1.165) is 23.5 Å². The van der Waals surface area contributed by atoms with E-state index in [4.69, 9.17) is 0 Å². The van der Waals surface area contributed by atoms with E-state index >= 15 is 0 Å². The number of carbonyl (C=O) groups excluding carboxylic acids is 3. The van der Waals surface area contributed by atoms with Gasteiger partial charge in [0.05, 0.1) is 17.5 Å². The molecule has 9 heteroatoms. The fraction of sp³-hybridized carbons (Fsp3) is 0.294. The Kier molecular flexibility index (Phi) is 6.51. The zero-order valence-electron chi connectivity index (χ0n) is 14.1. The molecule has 1 heterocycles. The Labute approximate surface area is 152 Å². The summed E-state index contributed by atoms with van der Waals surface area (Å²) < 4.78 is 26.3. The molecular formula is C17H17F2N3O3S. The Balaban J connectivity index is 1.97. The average Bonchev–Trinajstić information content (AvgIpc) is 3.00. The number of nitrogens with one attached hydrogen (secondary N) is 2. The quantitative estimate of drug-likeness (QED) is 0.722. The second-order valence-electron chi connectivity index (χ2n) is 5.56. The van der Waals surface area contributed by atoms with Crippen LogP contribution >= 0.6 is 11.3 Å². The van der Waals surface area contributed by atoms with Crippen LogP contribution in [-0.2, 0) is 16.0 Å². The van der Waals surface area contributed by atoms with Gasteiger partial charge in [-0.25, -0.2) is 13.8 Å². The topological polar surface area (TPSA) is 88.2 Å². The van der Waals surface area contributed by atoms with E-state index in [1.807, 2.05) is 0 Å². The van der Waals surface area contributed by atoms with Gasteiger partial charge in [0.1, 0.15) is 17.7 Å². The Morgan fingerprint density at radius 2 is 1.85 bits per heavy atom. The molecule has 0 fully saturated rings. The molecule has 2 aromatic rings. The molecule has 6 nitrogen and oxygen atoms in total. The van der Waals surface area contributed by atoms with Gasteiger partial charge in [-0.2, -0.15) is 0 Å². The van der Waals surface area contributed by atoms with Crippen LogP contribution in [0.4, 0.5) is 13.9 Å². The number of halogens is 2. The summed E-state index contributed by atoms with van der Waals surface area (Å²) in [6, 6.07) is 1.99. The Bertz CT molecular complexity index is 818. The van der Waals surface area contributed by atoms with Crippen LogP contribution in [-0.4, -0.2) is 28.6 Å². The summed E-state index contributed by atoms with van der Waals surface area (Å²) >= 11 is 1.03. The number of benzene rings is 1. The van der Waals surface area contributed by atoms with Gasteiger partial charge in [-0.15, -0.1) is 0 Å². The molecule has 0 radical (unpaired) electrons. The maximum absolute atomic E-state index is 13.2. The molecule has 138 valence electrons. The lowest BCUT2D eigenvalue weighted by Crippen LogP contribution is -2.44. The monoisotopic (exact) mass is 381 g/mol. The largest absolute Gasteiger partial charge is 0.344 e. The molecule has 0 aliphatic carbocycles. The third-order valence-electron chi connectivity index (χ3n) is 3.43. The molecule has 26 heavy (non-hydrogen) atoms. The van der Waals surface area contributed by atoms with Crippen LogP contribution in [0.5, 0.6) is 0 Å². The van der Waals surface area contributed by atoms with Crippen molar-refractivity contribution in [2.45, 2.75) is 32.7 Å². The van der Waals surface area contributed by atoms with E-state index < -0.39 is 29.5 Å². The molecule has 1 unspecified atom stereocenters. The minimum atomic E-state index is -0.842. The van der Waals surface area contributed by atoms with Crippen molar-refractivity contribution in [1.29, 1.82) is 0 Å². The van der Waals surface area contributed by atoms with E-state index in [1.165, 1.54) is 13.1 Å². The van der Waals surface area contributed by atoms with Crippen LogP contribution in [0.3, 0.4) is 0 Å². The number of thiazole rings is 1. The van der Waals surface area contributed by atoms with Crippen molar-refractivity contribution in [1.82, 2.24) is 10.3 Å². The fourth-order valence-corrected chi connectivity index (χ4v) is 2.90. The highest BCUT2D eigenvalue weighted by molar-refractivity contribution is 7.17.